The topological polar surface area (TPSA) is 174 Å². The van der Waals surface area contributed by atoms with Crippen LogP contribution >= 0.6 is 0 Å². The molecule has 14 nitrogen and oxygen atoms in total. The van der Waals surface area contributed by atoms with Crippen molar-refractivity contribution in [3.05, 3.63) is 35.9 Å². The first-order valence-corrected chi connectivity index (χ1v) is 20.6. The number of alkyl carbamates (subject to hydrolysis) is 1. The van der Waals surface area contributed by atoms with Gasteiger partial charge in [-0.15, -0.1) is 0 Å². The lowest BCUT2D eigenvalue weighted by atomic mass is 10.0. The maximum atomic E-state index is 14.6. The molecule has 6 rings (SSSR count). The minimum absolute atomic E-state index is 0.0248. The number of amides is 4. The van der Waals surface area contributed by atoms with E-state index in [1.165, 1.54) is 4.90 Å². The van der Waals surface area contributed by atoms with Gasteiger partial charge in [-0.05, 0) is 92.2 Å². The predicted octanol–water partition coefficient (Wildman–Crippen LogP) is 4.92. The van der Waals surface area contributed by atoms with Gasteiger partial charge in [0.1, 0.15) is 51.8 Å². The molecule has 0 spiro atoms. The number of rotatable bonds is 9. The van der Waals surface area contributed by atoms with Gasteiger partial charge in [0, 0.05) is 29.4 Å². The lowest BCUT2D eigenvalue weighted by Crippen LogP contribution is -2.58. The number of hydrogen-bond acceptors (Lipinski definition) is 10. The number of allylic oxidation sites excluding steroid dienone is 1. The van der Waals surface area contributed by atoms with Gasteiger partial charge < -0.3 is 34.5 Å². The van der Waals surface area contributed by atoms with Gasteiger partial charge in [-0.1, -0.05) is 25.0 Å². The van der Waals surface area contributed by atoms with Crippen molar-refractivity contribution < 1.29 is 42.3 Å². The van der Waals surface area contributed by atoms with E-state index in [1.54, 1.807) is 33.9 Å². The van der Waals surface area contributed by atoms with Crippen LogP contribution in [0.4, 0.5) is 4.79 Å². The van der Waals surface area contributed by atoms with Gasteiger partial charge >= 0.3 is 6.09 Å². The number of benzene rings is 1. The van der Waals surface area contributed by atoms with Gasteiger partial charge in [0.25, 0.3) is 5.91 Å². The van der Waals surface area contributed by atoms with E-state index in [1.807, 2.05) is 45.1 Å². The Morgan fingerprint density at radius 2 is 1.85 bits per heavy atom. The van der Waals surface area contributed by atoms with Crippen LogP contribution in [0.1, 0.15) is 98.0 Å². The highest BCUT2D eigenvalue weighted by Gasteiger charge is 2.61. The van der Waals surface area contributed by atoms with Crippen LogP contribution < -0.4 is 29.6 Å². The van der Waals surface area contributed by atoms with Crippen LogP contribution in [-0.4, -0.2) is 92.2 Å². The number of methoxy groups -OCH3 is 1. The molecule has 3 fully saturated rings. The third-order valence-corrected chi connectivity index (χ3v) is 11.8. The lowest BCUT2D eigenvalue weighted by Gasteiger charge is -2.30. The molecular weight excluding hydrogens is 727 g/mol. The largest absolute Gasteiger partial charge is 0.496 e. The van der Waals surface area contributed by atoms with Crippen LogP contribution in [0.2, 0.25) is 0 Å². The third kappa shape index (κ3) is 9.53. The molecule has 6 atom stereocenters. The summed E-state index contributed by atoms with van der Waals surface area (Å²) in [7, 11) is 0.0420. The van der Waals surface area contributed by atoms with Crippen molar-refractivity contribution in [3.8, 4) is 17.4 Å². The molecule has 1 saturated heterocycles. The minimum atomic E-state index is -1.55. The number of aromatic nitrogens is 1. The van der Waals surface area contributed by atoms with Crippen molar-refractivity contribution in [3.63, 3.8) is 0 Å². The SMILES string of the molecule is COc1ccc2c(O[C@@H]3C[C@H]4C(=O)N[C@]5(C(=O)NS(=O)C6CC6)C[C@H]5/C=C\CCCCC[C@H](NC(=O)OC(C)(C)C)C(=O)N4C3)cc(OC(C)C)nc2c1C. The van der Waals surface area contributed by atoms with E-state index in [4.69, 9.17) is 23.9 Å². The number of pyridine rings is 1. The average Bonchev–Trinajstić information content (AvgIpc) is 4.03. The Bertz CT molecular complexity index is 1860. The Morgan fingerprint density at radius 3 is 2.55 bits per heavy atom. The van der Waals surface area contributed by atoms with Crippen molar-refractivity contribution in [2.75, 3.05) is 13.7 Å². The van der Waals surface area contributed by atoms with Gasteiger partial charge in [-0.3, -0.25) is 19.1 Å². The minimum Gasteiger partial charge on any atom is -0.496 e. The number of hydrogen-bond donors (Lipinski definition) is 3. The Labute approximate surface area is 325 Å². The van der Waals surface area contributed by atoms with Crippen molar-refractivity contribution in [2.24, 2.45) is 5.92 Å². The van der Waals surface area contributed by atoms with E-state index in [0.29, 0.717) is 47.5 Å². The highest BCUT2D eigenvalue weighted by atomic mass is 32.2. The van der Waals surface area contributed by atoms with Crippen LogP contribution in [0.3, 0.4) is 0 Å². The van der Waals surface area contributed by atoms with E-state index in [0.717, 1.165) is 37.7 Å². The molecular formula is C40H55N5O9S. The molecule has 1 unspecified atom stereocenters. The molecule has 15 heteroatoms. The van der Waals surface area contributed by atoms with Gasteiger partial charge in [0.15, 0.2) is 0 Å². The molecule has 2 aromatic rings. The highest BCUT2D eigenvalue weighted by Crippen LogP contribution is 2.46. The monoisotopic (exact) mass is 781 g/mol. The Hall–Kier alpha value is -4.40. The Kier molecular flexibility index (Phi) is 12.0. The molecule has 55 heavy (non-hydrogen) atoms. The summed E-state index contributed by atoms with van der Waals surface area (Å²) in [4.78, 5) is 62.1. The molecule has 0 bridgehead atoms. The second-order valence-electron chi connectivity index (χ2n) is 16.4. The van der Waals surface area contributed by atoms with Crippen LogP contribution in [-0.2, 0) is 30.1 Å². The molecule has 3 heterocycles. The highest BCUT2D eigenvalue weighted by molar-refractivity contribution is 7.84. The molecule has 2 saturated carbocycles. The van der Waals surface area contributed by atoms with Crippen molar-refractivity contribution >= 4 is 45.7 Å². The molecule has 2 aliphatic carbocycles. The number of nitrogens with one attached hydrogen (secondary N) is 3. The van der Waals surface area contributed by atoms with Crippen LogP contribution in [0.15, 0.2) is 30.4 Å². The third-order valence-electron chi connectivity index (χ3n) is 10.3. The average molecular weight is 782 g/mol. The van der Waals surface area contributed by atoms with E-state index in [9.17, 15) is 23.4 Å². The summed E-state index contributed by atoms with van der Waals surface area (Å²) < 4.78 is 39.2. The molecule has 0 radical (unpaired) electrons. The first-order valence-electron chi connectivity index (χ1n) is 19.4. The van der Waals surface area contributed by atoms with Gasteiger partial charge in [0.2, 0.25) is 17.7 Å². The molecule has 2 aliphatic heterocycles. The first kappa shape index (κ1) is 40.3. The van der Waals surface area contributed by atoms with Gasteiger partial charge in [-0.2, -0.15) is 0 Å². The molecule has 4 aliphatic rings. The number of ether oxygens (including phenoxy) is 4. The summed E-state index contributed by atoms with van der Waals surface area (Å²) in [5.41, 5.74) is -0.676. The molecule has 300 valence electrons. The zero-order valence-corrected chi connectivity index (χ0v) is 33.7. The smallest absolute Gasteiger partial charge is 0.408 e. The second-order valence-corrected chi connectivity index (χ2v) is 17.8. The lowest BCUT2D eigenvalue weighted by molar-refractivity contribution is -0.141. The van der Waals surface area contributed by atoms with E-state index in [2.05, 4.69) is 15.4 Å². The van der Waals surface area contributed by atoms with Crippen molar-refractivity contribution in [1.82, 2.24) is 25.2 Å². The fourth-order valence-corrected chi connectivity index (χ4v) is 8.42. The van der Waals surface area contributed by atoms with E-state index in [-0.39, 0.29) is 30.2 Å². The van der Waals surface area contributed by atoms with Crippen LogP contribution in [0.5, 0.6) is 17.4 Å². The fraction of sp³-hybridized carbons (Fsp3) is 0.625. The quantitative estimate of drug-likeness (QED) is 0.297. The summed E-state index contributed by atoms with van der Waals surface area (Å²) in [6.45, 7) is 11.0. The van der Waals surface area contributed by atoms with Crippen LogP contribution in [0, 0.1) is 12.8 Å². The van der Waals surface area contributed by atoms with Crippen molar-refractivity contribution in [2.45, 2.75) is 140 Å². The maximum Gasteiger partial charge on any atom is 0.408 e. The first-order chi connectivity index (χ1) is 26.1. The van der Waals surface area contributed by atoms with Crippen LogP contribution in [0.25, 0.3) is 10.9 Å². The standard InChI is InChI=1S/C40H55N5O9S/c1-23(2)52-33-20-32(28-17-18-31(51-7)24(3)34(28)42-33)53-26-19-30-35(46)43-40(37(48)44-55(50)27-15-16-27)21-25(40)13-11-9-8-10-12-14-29(36(47)45(30)22-26)41-38(49)54-39(4,5)6/h11,13,17-18,20,23,25-27,29-30H,8-10,12,14-16,19,21-22H2,1-7H3,(H,41,49)(H,43,46)(H,44,48)/b13-11-/t25-,26-,29+,30+,40-,55?/m1/s1. The number of carbonyl (C=O) groups is 4. The Morgan fingerprint density at radius 1 is 1.09 bits per heavy atom. The summed E-state index contributed by atoms with van der Waals surface area (Å²) in [6, 6.07) is 3.37. The van der Waals surface area contributed by atoms with Gasteiger partial charge in [-0.25, -0.2) is 14.0 Å². The summed E-state index contributed by atoms with van der Waals surface area (Å²) in [5.74, 6) is -0.308. The fourth-order valence-electron chi connectivity index (χ4n) is 7.32. The second kappa shape index (κ2) is 16.4. The zero-order valence-electron chi connectivity index (χ0n) is 32.9. The summed E-state index contributed by atoms with van der Waals surface area (Å²) >= 11 is 0. The number of fused-ring (bicyclic) bond motifs is 3. The maximum absolute atomic E-state index is 14.6. The summed E-state index contributed by atoms with van der Waals surface area (Å²) in [5, 5.41) is 6.40. The molecule has 4 amide bonds. The summed E-state index contributed by atoms with van der Waals surface area (Å²) in [6.07, 6.45) is 7.79. The zero-order chi connectivity index (χ0) is 39.7. The van der Waals surface area contributed by atoms with Gasteiger partial charge in [0.05, 0.1) is 30.5 Å². The Balaban J connectivity index is 1.34. The number of carbonyl (C=O) groups excluding carboxylic acids is 4. The molecule has 1 aromatic carbocycles. The number of nitrogens with zero attached hydrogens (tertiary/aromatic N) is 2. The van der Waals surface area contributed by atoms with E-state index < -0.39 is 64.1 Å². The molecule has 1 aromatic heterocycles. The number of aryl methyl sites for hydroxylation is 1. The normalized spacial score (nSPS) is 27.1. The van der Waals surface area contributed by atoms with Crippen molar-refractivity contribution in [1.29, 1.82) is 0 Å². The predicted molar refractivity (Wildman–Crippen MR) is 207 cm³/mol. The van der Waals surface area contributed by atoms with E-state index >= 15 is 0 Å². The molecule has 3 N–H and O–H groups in total.